The molecular weight excluding hydrogens is 398 g/mol. The lowest BCUT2D eigenvalue weighted by atomic mass is 9.94. The van der Waals surface area contributed by atoms with Crippen molar-refractivity contribution in [3.63, 3.8) is 0 Å². The Balaban J connectivity index is 1.71. The highest BCUT2D eigenvalue weighted by Crippen LogP contribution is 2.41. The van der Waals surface area contributed by atoms with Crippen LogP contribution < -0.4 is 10.6 Å². The molecule has 0 aliphatic carbocycles. The average molecular weight is 416 g/mol. The number of hydrogen-bond acceptors (Lipinski definition) is 5. The molecule has 3 heterocycles. The Morgan fingerprint density at radius 2 is 1.97 bits per heavy atom. The SMILES string of the molecule is N#Cc1cccc(-c2cncc(-c3nc4c(F)cc(F)cc4[nH]3)c2N2CC(CN)C2)c1. The molecule has 154 valence electrons. The number of nitrogens with zero attached hydrogens (tertiary/aromatic N) is 4. The van der Waals surface area contributed by atoms with Crippen LogP contribution in [-0.4, -0.2) is 34.6 Å². The van der Waals surface area contributed by atoms with Crippen molar-refractivity contribution in [2.24, 2.45) is 11.7 Å². The van der Waals surface area contributed by atoms with E-state index in [9.17, 15) is 14.0 Å². The Bertz CT molecular complexity index is 1330. The molecule has 8 heteroatoms. The first kappa shape index (κ1) is 19.2. The van der Waals surface area contributed by atoms with Crippen LogP contribution in [0.5, 0.6) is 0 Å². The Kier molecular flexibility index (Phi) is 4.60. The lowest BCUT2D eigenvalue weighted by Gasteiger charge is -2.42. The van der Waals surface area contributed by atoms with Gasteiger partial charge in [-0.3, -0.25) is 4.98 Å². The minimum absolute atomic E-state index is 0.0719. The van der Waals surface area contributed by atoms with Gasteiger partial charge < -0.3 is 15.6 Å². The number of aromatic nitrogens is 3. The summed E-state index contributed by atoms with van der Waals surface area (Å²) in [7, 11) is 0. The number of aromatic amines is 1. The highest BCUT2D eigenvalue weighted by Gasteiger charge is 2.30. The summed E-state index contributed by atoms with van der Waals surface area (Å²) in [5.41, 5.74) is 9.92. The number of H-pyrrole nitrogens is 1. The summed E-state index contributed by atoms with van der Waals surface area (Å²) in [5, 5.41) is 9.30. The first-order chi connectivity index (χ1) is 15.1. The van der Waals surface area contributed by atoms with E-state index in [1.54, 1.807) is 24.5 Å². The van der Waals surface area contributed by atoms with Crippen LogP contribution in [0.2, 0.25) is 0 Å². The highest BCUT2D eigenvalue weighted by atomic mass is 19.1. The predicted octanol–water partition coefficient (Wildman–Crippen LogP) is 3.84. The third kappa shape index (κ3) is 3.29. The van der Waals surface area contributed by atoms with Crippen LogP contribution in [-0.2, 0) is 0 Å². The summed E-state index contributed by atoms with van der Waals surface area (Å²) in [6, 6.07) is 11.5. The van der Waals surface area contributed by atoms with E-state index in [-0.39, 0.29) is 11.0 Å². The molecule has 1 aliphatic heterocycles. The van der Waals surface area contributed by atoms with Crippen molar-refractivity contribution in [1.82, 2.24) is 15.0 Å². The minimum atomic E-state index is -0.725. The van der Waals surface area contributed by atoms with E-state index < -0.39 is 11.6 Å². The maximum atomic E-state index is 14.2. The lowest BCUT2D eigenvalue weighted by Crippen LogP contribution is -2.50. The molecule has 31 heavy (non-hydrogen) atoms. The smallest absolute Gasteiger partial charge is 0.153 e. The molecule has 4 aromatic rings. The van der Waals surface area contributed by atoms with Crippen molar-refractivity contribution in [2.75, 3.05) is 24.5 Å². The monoisotopic (exact) mass is 416 g/mol. The van der Waals surface area contributed by atoms with Gasteiger partial charge in [0.05, 0.1) is 28.4 Å². The minimum Gasteiger partial charge on any atom is -0.370 e. The number of nitrogens with one attached hydrogen (secondary N) is 1. The third-order valence-corrected chi connectivity index (χ3v) is 5.59. The second kappa shape index (κ2) is 7.45. The van der Waals surface area contributed by atoms with Gasteiger partial charge in [0.15, 0.2) is 5.82 Å². The Hall–Kier alpha value is -3.83. The standard InChI is InChI=1S/C23H18F2N6/c24-16-5-19(25)21-20(6-16)29-23(30-21)18-10-28-9-17(15-3-1-2-13(4-15)7-26)22(18)31-11-14(8-27)12-31/h1-6,9-10,14H,8,11-12,27H2,(H,29,30). The number of nitrogens with two attached hydrogens (primary N) is 1. The molecule has 6 nitrogen and oxygen atoms in total. The third-order valence-electron chi connectivity index (χ3n) is 5.59. The van der Waals surface area contributed by atoms with E-state index in [1.165, 1.54) is 6.07 Å². The number of hydrogen-bond donors (Lipinski definition) is 2. The zero-order chi connectivity index (χ0) is 21.5. The van der Waals surface area contributed by atoms with Crippen molar-refractivity contribution in [1.29, 1.82) is 5.26 Å². The Morgan fingerprint density at radius 3 is 2.74 bits per heavy atom. The first-order valence-corrected chi connectivity index (χ1v) is 9.86. The number of pyridine rings is 1. The normalized spacial score (nSPS) is 13.9. The van der Waals surface area contributed by atoms with Crippen molar-refractivity contribution in [3.8, 4) is 28.6 Å². The summed E-state index contributed by atoms with van der Waals surface area (Å²) < 4.78 is 27.9. The van der Waals surface area contributed by atoms with Crippen LogP contribution in [0.15, 0.2) is 48.8 Å². The van der Waals surface area contributed by atoms with E-state index in [4.69, 9.17) is 5.73 Å². The van der Waals surface area contributed by atoms with E-state index in [0.29, 0.717) is 29.4 Å². The predicted molar refractivity (Wildman–Crippen MR) is 114 cm³/mol. The van der Waals surface area contributed by atoms with Crippen LogP contribution in [0, 0.1) is 28.9 Å². The number of rotatable bonds is 4. The second-order valence-corrected chi connectivity index (χ2v) is 7.65. The molecule has 1 saturated heterocycles. The molecule has 0 saturated carbocycles. The fourth-order valence-corrected chi connectivity index (χ4v) is 4.01. The van der Waals surface area contributed by atoms with Gasteiger partial charge in [-0.15, -0.1) is 0 Å². The number of imidazole rings is 1. The highest BCUT2D eigenvalue weighted by molar-refractivity contribution is 5.91. The first-order valence-electron chi connectivity index (χ1n) is 9.86. The molecule has 2 aromatic heterocycles. The van der Waals surface area contributed by atoms with Gasteiger partial charge in [0.25, 0.3) is 0 Å². The largest absolute Gasteiger partial charge is 0.370 e. The van der Waals surface area contributed by atoms with E-state index in [0.717, 1.165) is 36.0 Å². The quantitative estimate of drug-likeness (QED) is 0.527. The van der Waals surface area contributed by atoms with Crippen molar-refractivity contribution in [2.45, 2.75) is 0 Å². The molecule has 0 unspecified atom stereocenters. The molecule has 0 amide bonds. The maximum absolute atomic E-state index is 14.2. The van der Waals surface area contributed by atoms with Gasteiger partial charge in [-0.25, -0.2) is 13.8 Å². The lowest BCUT2D eigenvalue weighted by molar-refractivity contribution is 0.421. The van der Waals surface area contributed by atoms with Crippen molar-refractivity contribution in [3.05, 3.63) is 66.0 Å². The topological polar surface area (TPSA) is 94.6 Å². The molecule has 0 spiro atoms. The molecule has 0 bridgehead atoms. The van der Waals surface area contributed by atoms with Crippen LogP contribution in [0.1, 0.15) is 5.56 Å². The fourth-order valence-electron chi connectivity index (χ4n) is 4.01. The number of halogens is 2. The zero-order valence-corrected chi connectivity index (χ0v) is 16.4. The Morgan fingerprint density at radius 1 is 1.16 bits per heavy atom. The maximum Gasteiger partial charge on any atom is 0.153 e. The van der Waals surface area contributed by atoms with Crippen LogP contribution >= 0.6 is 0 Å². The summed E-state index contributed by atoms with van der Waals surface area (Å²) >= 11 is 0. The molecule has 5 rings (SSSR count). The van der Waals surface area contributed by atoms with Crippen LogP contribution in [0.25, 0.3) is 33.5 Å². The van der Waals surface area contributed by atoms with Gasteiger partial charge >= 0.3 is 0 Å². The summed E-state index contributed by atoms with van der Waals surface area (Å²) in [4.78, 5) is 14.0. The summed E-state index contributed by atoms with van der Waals surface area (Å²) in [6.45, 7) is 2.12. The van der Waals surface area contributed by atoms with Gasteiger partial charge in [0, 0.05) is 43.0 Å². The Labute approximate surface area is 177 Å². The van der Waals surface area contributed by atoms with Crippen LogP contribution in [0.3, 0.4) is 0 Å². The fraction of sp³-hybridized carbons (Fsp3) is 0.174. The molecule has 0 radical (unpaired) electrons. The van der Waals surface area contributed by atoms with Gasteiger partial charge in [0.1, 0.15) is 17.2 Å². The molecule has 1 aliphatic rings. The molecular formula is C23H18F2N6. The van der Waals surface area contributed by atoms with Gasteiger partial charge in [-0.05, 0) is 30.3 Å². The van der Waals surface area contributed by atoms with Crippen molar-refractivity contribution >= 4 is 16.7 Å². The summed E-state index contributed by atoms with van der Waals surface area (Å²) in [6.07, 6.45) is 3.41. The zero-order valence-electron chi connectivity index (χ0n) is 16.4. The molecule has 1 fully saturated rings. The van der Waals surface area contributed by atoms with E-state index in [2.05, 4.69) is 25.9 Å². The van der Waals surface area contributed by atoms with Crippen molar-refractivity contribution < 1.29 is 8.78 Å². The number of anilines is 1. The van der Waals surface area contributed by atoms with Gasteiger partial charge in [-0.2, -0.15) is 5.26 Å². The second-order valence-electron chi connectivity index (χ2n) is 7.65. The van der Waals surface area contributed by atoms with Gasteiger partial charge in [-0.1, -0.05) is 12.1 Å². The summed E-state index contributed by atoms with van der Waals surface area (Å²) in [5.74, 6) is -0.621. The van der Waals surface area contributed by atoms with Crippen LogP contribution in [0.4, 0.5) is 14.5 Å². The number of benzene rings is 2. The molecule has 3 N–H and O–H groups in total. The van der Waals surface area contributed by atoms with E-state index >= 15 is 0 Å². The number of nitriles is 1. The number of fused-ring (bicyclic) bond motifs is 1. The average Bonchev–Trinajstić information content (AvgIpc) is 3.17. The van der Waals surface area contributed by atoms with E-state index in [1.807, 2.05) is 12.1 Å². The molecule has 2 aromatic carbocycles. The van der Waals surface area contributed by atoms with Gasteiger partial charge in [0.2, 0.25) is 0 Å². The molecule has 0 atom stereocenters.